The summed E-state index contributed by atoms with van der Waals surface area (Å²) >= 11 is 0. The van der Waals surface area contributed by atoms with Crippen molar-refractivity contribution in [2.24, 2.45) is 0 Å². The minimum atomic E-state index is 0.228. The SMILES string of the molecule is Oc1ccc(-c2cc(-c3ccccc3)c3c(n2)-c2c(O)cccc2C3)cc1. The van der Waals surface area contributed by atoms with Gasteiger partial charge in [-0.15, -0.1) is 0 Å². The molecular formula is C24H17NO2. The zero-order valence-electron chi connectivity index (χ0n) is 14.6. The van der Waals surface area contributed by atoms with Crippen molar-refractivity contribution in [2.75, 3.05) is 0 Å². The summed E-state index contributed by atoms with van der Waals surface area (Å²) in [5.41, 5.74) is 7.90. The number of hydrogen-bond donors (Lipinski definition) is 2. The molecule has 0 saturated carbocycles. The minimum absolute atomic E-state index is 0.228. The smallest absolute Gasteiger partial charge is 0.125 e. The molecule has 2 N–H and O–H groups in total. The number of benzene rings is 3. The lowest BCUT2D eigenvalue weighted by atomic mass is 9.96. The number of fused-ring (bicyclic) bond motifs is 3. The van der Waals surface area contributed by atoms with Crippen LogP contribution in [0, 0.1) is 0 Å². The van der Waals surface area contributed by atoms with Gasteiger partial charge in [0.05, 0.1) is 11.4 Å². The first-order chi connectivity index (χ1) is 13.2. The summed E-state index contributed by atoms with van der Waals surface area (Å²) in [4.78, 5) is 4.90. The Morgan fingerprint density at radius 2 is 1.52 bits per heavy atom. The maximum atomic E-state index is 10.5. The molecule has 27 heavy (non-hydrogen) atoms. The van der Waals surface area contributed by atoms with Crippen LogP contribution in [0.4, 0.5) is 0 Å². The first-order valence-electron chi connectivity index (χ1n) is 8.90. The quantitative estimate of drug-likeness (QED) is 0.448. The second kappa shape index (κ2) is 5.99. The Hall–Kier alpha value is -3.59. The van der Waals surface area contributed by atoms with Gasteiger partial charge in [0.2, 0.25) is 0 Å². The zero-order valence-corrected chi connectivity index (χ0v) is 14.6. The summed E-state index contributed by atoms with van der Waals surface area (Å²) in [6, 6.07) is 25.0. The number of phenolic OH excluding ortho intramolecular Hbond substituents is 2. The standard InChI is InChI=1S/C24H17NO2/c26-18-11-9-16(10-12-18)21-14-19(15-5-2-1-3-6-15)20-13-17-7-4-8-22(27)23(17)24(20)25-21/h1-12,14,26-27H,13H2. The summed E-state index contributed by atoms with van der Waals surface area (Å²) in [7, 11) is 0. The van der Waals surface area contributed by atoms with Gasteiger partial charge in [-0.1, -0.05) is 42.5 Å². The summed E-state index contributed by atoms with van der Waals surface area (Å²) in [6.07, 6.45) is 0.756. The lowest BCUT2D eigenvalue weighted by Crippen LogP contribution is -1.94. The molecule has 1 heterocycles. The fraction of sp³-hybridized carbons (Fsp3) is 0.0417. The monoisotopic (exact) mass is 351 g/mol. The molecule has 0 atom stereocenters. The fourth-order valence-electron chi connectivity index (χ4n) is 3.81. The van der Waals surface area contributed by atoms with Gasteiger partial charge >= 0.3 is 0 Å². The highest BCUT2D eigenvalue weighted by atomic mass is 16.3. The molecule has 130 valence electrons. The summed E-state index contributed by atoms with van der Waals surface area (Å²) < 4.78 is 0. The Morgan fingerprint density at radius 1 is 0.741 bits per heavy atom. The Kier molecular flexibility index (Phi) is 3.47. The predicted octanol–water partition coefficient (Wildman–Crippen LogP) is 5.40. The second-order valence-corrected chi connectivity index (χ2v) is 6.78. The highest BCUT2D eigenvalue weighted by Crippen LogP contribution is 2.45. The molecule has 0 aliphatic heterocycles. The lowest BCUT2D eigenvalue weighted by Gasteiger charge is -2.12. The van der Waals surface area contributed by atoms with Crippen molar-refractivity contribution < 1.29 is 10.2 Å². The molecule has 3 nitrogen and oxygen atoms in total. The Labute approximate surface area is 157 Å². The van der Waals surface area contributed by atoms with Crippen LogP contribution in [-0.4, -0.2) is 15.2 Å². The number of rotatable bonds is 2. The number of aromatic hydroxyl groups is 2. The zero-order chi connectivity index (χ0) is 18.4. The van der Waals surface area contributed by atoms with Gasteiger partial charge in [0, 0.05) is 17.5 Å². The largest absolute Gasteiger partial charge is 0.508 e. The molecule has 1 aliphatic carbocycles. The third-order valence-electron chi connectivity index (χ3n) is 5.10. The molecular weight excluding hydrogens is 334 g/mol. The van der Waals surface area contributed by atoms with Crippen LogP contribution in [0.3, 0.4) is 0 Å². The van der Waals surface area contributed by atoms with E-state index in [4.69, 9.17) is 4.98 Å². The van der Waals surface area contributed by atoms with E-state index in [1.807, 2.05) is 42.5 Å². The third-order valence-corrected chi connectivity index (χ3v) is 5.10. The van der Waals surface area contributed by atoms with Crippen molar-refractivity contribution in [1.29, 1.82) is 0 Å². The van der Waals surface area contributed by atoms with Crippen LogP contribution >= 0.6 is 0 Å². The van der Waals surface area contributed by atoms with E-state index in [-0.39, 0.29) is 11.5 Å². The maximum Gasteiger partial charge on any atom is 0.125 e. The third kappa shape index (κ3) is 2.56. The first-order valence-corrected chi connectivity index (χ1v) is 8.90. The Morgan fingerprint density at radius 3 is 2.30 bits per heavy atom. The van der Waals surface area contributed by atoms with E-state index < -0.39 is 0 Å². The van der Waals surface area contributed by atoms with Gasteiger partial charge in [0.15, 0.2) is 0 Å². The van der Waals surface area contributed by atoms with Crippen LogP contribution < -0.4 is 0 Å². The van der Waals surface area contributed by atoms with E-state index in [0.29, 0.717) is 0 Å². The van der Waals surface area contributed by atoms with Crippen molar-refractivity contribution in [3.63, 3.8) is 0 Å². The van der Waals surface area contributed by atoms with Gasteiger partial charge in [-0.25, -0.2) is 4.98 Å². The van der Waals surface area contributed by atoms with Crippen molar-refractivity contribution >= 4 is 0 Å². The molecule has 1 aromatic heterocycles. The molecule has 4 aromatic rings. The molecule has 0 radical (unpaired) electrons. The molecule has 3 heteroatoms. The lowest BCUT2D eigenvalue weighted by molar-refractivity contribution is 0.475. The fourth-order valence-corrected chi connectivity index (χ4v) is 3.81. The normalized spacial score (nSPS) is 11.9. The van der Waals surface area contributed by atoms with E-state index >= 15 is 0 Å². The van der Waals surface area contributed by atoms with Gasteiger partial charge in [-0.05, 0) is 58.7 Å². The van der Waals surface area contributed by atoms with Crippen molar-refractivity contribution in [3.8, 4) is 45.1 Å². The molecule has 0 fully saturated rings. The minimum Gasteiger partial charge on any atom is -0.508 e. The van der Waals surface area contributed by atoms with E-state index in [9.17, 15) is 10.2 Å². The molecule has 3 aromatic carbocycles. The van der Waals surface area contributed by atoms with Crippen LogP contribution in [0.25, 0.3) is 33.6 Å². The van der Waals surface area contributed by atoms with Crippen molar-refractivity contribution in [2.45, 2.75) is 6.42 Å². The Bertz CT molecular complexity index is 1150. The van der Waals surface area contributed by atoms with Crippen molar-refractivity contribution in [1.82, 2.24) is 4.98 Å². The topological polar surface area (TPSA) is 53.4 Å². The average molecular weight is 351 g/mol. The van der Waals surface area contributed by atoms with Crippen LogP contribution in [-0.2, 0) is 6.42 Å². The molecule has 1 aliphatic rings. The number of pyridine rings is 1. The number of nitrogens with zero attached hydrogens (tertiary/aromatic N) is 1. The predicted molar refractivity (Wildman–Crippen MR) is 107 cm³/mol. The van der Waals surface area contributed by atoms with Crippen LogP contribution in [0.2, 0.25) is 0 Å². The van der Waals surface area contributed by atoms with Crippen LogP contribution in [0.1, 0.15) is 11.1 Å². The molecule has 0 unspecified atom stereocenters. The summed E-state index contributed by atoms with van der Waals surface area (Å²) in [5, 5.41) is 20.1. The molecule has 0 amide bonds. The van der Waals surface area contributed by atoms with E-state index in [1.165, 1.54) is 0 Å². The maximum absolute atomic E-state index is 10.5. The highest BCUT2D eigenvalue weighted by molar-refractivity contribution is 5.87. The van der Waals surface area contributed by atoms with Gasteiger partial charge < -0.3 is 10.2 Å². The van der Waals surface area contributed by atoms with E-state index in [2.05, 4.69) is 18.2 Å². The molecule has 0 spiro atoms. The van der Waals surface area contributed by atoms with Gasteiger partial charge in [0.25, 0.3) is 0 Å². The first kappa shape index (κ1) is 15.6. The van der Waals surface area contributed by atoms with Crippen LogP contribution in [0.15, 0.2) is 78.9 Å². The summed E-state index contributed by atoms with van der Waals surface area (Å²) in [5.74, 6) is 0.492. The molecule has 0 saturated heterocycles. The van der Waals surface area contributed by atoms with Gasteiger partial charge in [-0.2, -0.15) is 0 Å². The molecule has 0 bridgehead atoms. The van der Waals surface area contributed by atoms with E-state index in [0.717, 1.165) is 51.2 Å². The number of aromatic nitrogens is 1. The Balaban J connectivity index is 1.80. The number of hydrogen-bond acceptors (Lipinski definition) is 3. The average Bonchev–Trinajstić information content (AvgIpc) is 3.08. The van der Waals surface area contributed by atoms with Crippen LogP contribution in [0.5, 0.6) is 11.5 Å². The molecule has 5 rings (SSSR count). The second-order valence-electron chi connectivity index (χ2n) is 6.78. The van der Waals surface area contributed by atoms with E-state index in [1.54, 1.807) is 18.2 Å². The van der Waals surface area contributed by atoms with Crippen molar-refractivity contribution in [3.05, 3.63) is 90.0 Å². The van der Waals surface area contributed by atoms with Gasteiger partial charge in [0.1, 0.15) is 11.5 Å². The highest BCUT2D eigenvalue weighted by Gasteiger charge is 2.27. The van der Waals surface area contributed by atoms with Gasteiger partial charge in [-0.3, -0.25) is 0 Å². The summed E-state index contributed by atoms with van der Waals surface area (Å²) in [6.45, 7) is 0. The number of phenols is 2.